The molecule has 5 unspecified atom stereocenters. The van der Waals surface area contributed by atoms with Crippen LogP contribution in [-0.4, -0.2) is 82.0 Å². The van der Waals surface area contributed by atoms with E-state index in [-0.39, 0.29) is 35.9 Å². The first-order valence-corrected chi connectivity index (χ1v) is 18.4. The highest BCUT2D eigenvalue weighted by Crippen LogP contribution is 2.34. The van der Waals surface area contributed by atoms with E-state index >= 15 is 0 Å². The normalized spacial score (nSPS) is 28.3. The van der Waals surface area contributed by atoms with Crippen molar-refractivity contribution in [2.45, 2.75) is 104 Å². The van der Waals surface area contributed by atoms with Gasteiger partial charge in [-0.1, -0.05) is 119 Å². The zero-order valence-corrected chi connectivity index (χ0v) is 32.6. The van der Waals surface area contributed by atoms with Gasteiger partial charge in [0.15, 0.2) is 17.3 Å². The van der Waals surface area contributed by atoms with E-state index in [0.29, 0.717) is 18.7 Å². The molecule has 55 heavy (non-hydrogen) atoms. The molecule has 4 rings (SSSR count). The molecule has 2 aromatic rings. The lowest BCUT2D eigenvalue weighted by molar-refractivity contribution is -0.0461. The van der Waals surface area contributed by atoms with Crippen LogP contribution in [-0.2, 0) is 25.4 Å². The number of cyclic esters (lactones) is 2. The van der Waals surface area contributed by atoms with Gasteiger partial charge in [0.1, 0.15) is 36.9 Å². The minimum Gasteiger partial charge on any atom is -0.457 e. The second-order valence-electron chi connectivity index (χ2n) is 14.5. The Labute approximate surface area is 323 Å². The number of carbonyl (C=O) groups is 2. The molecule has 1 fully saturated rings. The van der Waals surface area contributed by atoms with Gasteiger partial charge in [-0.05, 0) is 13.8 Å². The van der Waals surface area contributed by atoms with Crippen molar-refractivity contribution in [2.24, 2.45) is 10.8 Å². The number of aromatic nitrogens is 2. The largest absolute Gasteiger partial charge is 0.457 e. The number of oxazole rings is 2. The first-order valence-electron chi connectivity index (χ1n) is 18.4. The molecule has 2 aromatic heterocycles. The Morgan fingerprint density at radius 2 is 1.31 bits per heavy atom. The molecule has 296 valence electrons. The van der Waals surface area contributed by atoms with Gasteiger partial charge < -0.3 is 38.0 Å². The van der Waals surface area contributed by atoms with Crippen molar-refractivity contribution in [1.82, 2.24) is 9.97 Å². The maximum absolute atomic E-state index is 13.3. The molecule has 2 aliphatic heterocycles. The topological polar surface area (TPSA) is 167 Å². The molecule has 0 aliphatic carbocycles. The summed E-state index contributed by atoms with van der Waals surface area (Å²) >= 11 is 0. The van der Waals surface area contributed by atoms with Gasteiger partial charge in [0.25, 0.3) is 0 Å². The molecule has 0 radical (unpaired) electrons. The molecule has 2 N–H and O–H groups in total. The second-order valence-corrected chi connectivity index (χ2v) is 14.5. The van der Waals surface area contributed by atoms with E-state index in [4.69, 9.17) is 27.8 Å². The van der Waals surface area contributed by atoms with E-state index in [0.717, 1.165) is 0 Å². The van der Waals surface area contributed by atoms with Crippen LogP contribution in [0.3, 0.4) is 0 Å². The van der Waals surface area contributed by atoms with Crippen LogP contribution >= 0.6 is 0 Å². The van der Waals surface area contributed by atoms with Crippen molar-refractivity contribution in [3.05, 3.63) is 127 Å². The summed E-state index contributed by atoms with van der Waals surface area (Å²) in [6.45, 7) is 11.0. The van der Waals surface area contributed by atoms with Crippen molar-refractivity contribution >= 4 is 18.0 Å². The van der Waals surface area contributed by atoms with Gasteiger partial charge in [0.2, 0.25) is 5.89 Å². The fraction of sp³-hybridized carbons (Fsp3) is 0.442. The lowest BCUT2D eigenvalue weighted by atomic mass is 9.79. The van der Waals surface area contributed by atoms with Gasteiger partial charge in [-0.25, -0.2) is 19.6 Å². The highest BCUT2D eigenvalue weighted by molar-refractivity contribution is 5.87. The minimum absolute atomic E-state index is 0.00780. The van der Waals surface area contributed by atoms with E-state index in [1.54, 1.807) is 49.6 Å². The summed E-state index contributed by atoms with van der Waals surface area (Å²) in [7, 11) is 1.56. The Morgan fingerprint density at radius 1 is 0.745 bits per heavy atom. The predicted octanol–water partition coefficient (Wildman–Crippen LogP) is 7.25. The predicted molar refractivity (Wildman–Crippen MR) is 208 cm³/mol. The summed E-state index contributed by atoms with van der Waals surface area (Å²) in [5, 5.41) is 21.8. The van der Waals surface area contributed by atoms with E-state index in [2.05, 4.69) is 9.97 Å². The summed E-state index contributed by atoms with van der Waals surface area (Å²) in [6, 6.07) is 0. The molecule has 2 aliphatic rings. The Balaban J connectivity index is 1.58. The molecule has 1 saturated heterocycles. The smallest absolute Gasteiger partial charge is 0.360 e. The molecule has 0 spiro atoms. The monoisotopic (exact) mass is 758 g/mol. The lowest BCUT2D eigenvalue weighted by Gasteiger charge is -2.36. The van der Waals surface area contributed by atoms with E-state index in [9.17, 15) is 19.8 Å². The van der Waals surface area contributed by atoms with Crippen molar-refractivity contribution in [1.29, 1.82) is 0 Å². The van der Waals surface area contributed by atoms with Crippen LogP contribution in [0.15, 0.2) is 113 Å². The molecule has 4 heterocycles. The number of allylic oxidation sites excluding steroid dienone is 8. The number of aliphatic hydroxyl groups excluding tert-OH is 2. The third kappa shape index (κ3) is 12.3. The number of rotatable bonds is 7. The first-order chi connectivity index (χ1) is 26.3. The lowest BCUT2D eigenvalue weighted by Crippen LogP contribution is -2.42. The van der Waals surface area contributed by atoms with Gasteiger partial charge in [0.05, 0.1) is 24.7 Å². The van der Waals surface area contributed by atoms with Gasteiger partial charge in [-0.15, -0.1) is 0 Å². The van der Waals surface area contributed by atoms with Gasteiger partial charge >= 0.3 is 11.9 Å². The first kappa shape index (κ1) is 42.9. The van der Waals surface area contributed by atoms with Crippen LogP contribution in [0, 0.1) is 10.8 Å². The zero-order valence-electron chi connectivity index (χ0n) is 32.6. The maximum atomic E-state index is 13.3. The van der Waals surface area contributed by atoms with Crippen LogP contribution in [0.4, 0.5) is 0 Å². The standard InChI is InChI=1S/C43H54N2O10/c1-8-18-34(46)42(3,4)36-23-14-12-10-11-13-20-29(50-7)26-39-45-31(28-52-39)41(49)55-37(43(5,6)35(47)19-9-2)24-17-22-33-32(53-33)21-15-16-25-38-44-30(27-51-38)40(48)54-36/h8-22,25,27-29,32-37,46-47H,23-24,26H2,1-7H3/b11-10+,14-12-,18-8+,19-9+,20-13+,21-15-,22-17-,25-16+/t29?,32-,33+,34?,35?,36?,37?/m0/s1. The fourth-order valence-electron chi connectivity index (χ4n) is 5.68. The maximum Gasteiger partial charge on any atom is 0.360 e. The third-order valence-corrected chi connectivity index (χ3v) is 9.64. The number of nitrogens with zero attached hydrogens (tertiary/aromatic N) is 2. The molecular weight excluding hydrogens is 704 g/mol. The third-order valence-electron chi connectivity index (χ3n) is 9.64. The quantitative estimate of drug-likeness (QED) is 0.165. The van der Waals surface area contributed by atoms with E-state index in [1.165, 1.54) is 12.5 Å². The highest BCUT2D eigenvalue weighted by atomic mass is 16.6. The zero-order chi connectivity index (χ0) is 40.0. The number of carbonyl (C=O) groups excluding carboxylic acids is 2. The number of ether oxygens (including phenoxy) is 4. The van der Waals surface area contributed by atoms with E-state index < -0.39 is 53.3 Å². The molecule has 0 aromatic carbocycles. The molecule has 12 nitrogen and oxygen atoms in total. The molecule has 0 saturated carbocycles. The number of methoxy groups -OCH3 is 1. The average Bonchev–Trinajstić information content (AvgIpc) is 3.47. The van der Waals surface area contributed by atoms with Gasteiger partial charge in [-0.3, -0.25) is 0 Å². The Morgan fingerprint density at radius 3 is 1.95 bits per heavy atom. The van der Waals surface area contributed by atoms with Crippen molar-refractivity contribution < 1.29 is 47.6 Å². The molecule has 7 atom stereocenters. The number of epoxide rings is 1. The highest BCUT2D eigenvalue weighted by Gasteiger charge is 2.40. The van der Waals surface area contributed by atoms with Crippen LogP contribution in [0.5, 0.6) is 0 Å². The Kier molecular flexibility index (Phi) is 15.7. The van der Waals surface area contributed by atoms with Crippen LogP contribution in [0.25, 0.3) is 6.08 Å². The van der Waals surface area contributed by atoms with E-state index in [1.807, 2.05) is 96.2 Å². The summed E-state index contributed by atoms with van der Waals surface area (Å²) in [6.07, 6.45) is 28.0. The van der Waals surface area contributed by atoms with Gasteiger partial charge in [0, 0.05) is 36.9 Å². The fourth-order valence-corrected chi connectivity index (χ4v) is 5.68. The SMILES string of the molecule is C/C=C/C(O)C(C)(C)C1C\C=C/C=C/C=C/C(OC)Cc2nc(co2)C(=O)OC(C(C)(C)C(O)/C=C/C)C/C=C\[C@H]2O[C@H]2/C=C\C=C\c2nc(co2)C(=O)O1. The van der Waals surface area contributed by atoms with Gasteiger partial charge in [-0.2, -0.15) is 0 Å². The summed E-state index contributed by atoms with van der Waals surface area (Å²) in [4.78, 5) is 35.2. The molecule has 4 bridgehead atoms. The molecule has 0 amide bonds. The van der Waals surface area contributed by atoms with Crippen molar-refractivity contribution in [2.75, 3.05) is 7.11 Å². The number of hydrogen-bond donors (Lipinski definition) is 2. The number of fused-ring (bicyclic) bond motifs is 5. The average molecular weight is 759 g/mol. The summed E-state index contributed by atoms with van der Waals surface area (Å²) in [5.74, 6) is -0.828. The minimum atomic E-state index is -0.880. The van der Waals surface area contributed by atoms with Crippen LogP contribution in [0.1, 0.15) is 87.1 Å². The van der Waals surface area contributed by atoms with Crippen molar-refractivity contribution in [3.63, 3.8) is 0 Å². The number of hydrogen-bond acceptors (Lipinski definition) is 12. The molecular formula is C43H54N2O10. The molecule has 12 heteroatoms. The Bertz CT molecular complexity index is 1800. The van der Waals surface area contributed by atoms with Crippen molar-refractivity contribution in [3.8, 4) is 0 Å². The Hall–Kier alpha value is -4.88. The number of aliphatic hydroxyl groups is 2. The van der Waals surface area contributed by atoms with Crippen LogP contribution in [0.2, 0.25) is 0 Å². The second kappa shape index (κ2) is 20.2. The summed E-state index contributed by atoms with van der Waals surface area (Å²) in [5.41, 5.74) is -1.66. The summed E-state index contributed by atoms with van der Waals surface area (Å²) < 4.78 is 34.3. The number of esters is 2. The van der Waals surface area contributed by atoms with Crippen LogP contribution < -0.4 is 0 Å².